The molecule has 2 aliphatic heterocycles. The van der Waals surface area contributed by atoms with Crippen LogP contribution in [0.3, 0.4) is 0 Å². The normalized spacial score (nSPS) is 23.3. The minimum atomic E-state index is -0.0474. The van der Waals surface area contributed by atoms with Crippen LogP contribution in [0, 0.1) is 0 Å². The number of H-pyrrole nitrogens is 1. The van der Waals surface area contributed by atoms with Crippen LogP contribution in [0.25, 0.3) is 11.0 Å². The molecular formula is C16H21N5O. The lowest BCUT2D eigenvalue weighted by Gasteiger charge is -2.33. The lowest BCUT2D eigenvalue weighted by molar-refractivity contribution is -0.134. The number of hydrazine groups is 1. The van der Waals surface area contributed by atoms with E-state index in [1.54, 1.807) is 0 Å². The van der Waals surface area contributed by atoms with Gasteiger partial charge in [-0.15, -0.1) is 0 Å². The smallest absolute Gasteiger partial charge is 0.241 e. The number of aromatic nitrogens is 2. The Balaban J connectivity index is 1.41. The maximum absolute atomic E-state index is 12.4. The molecule has 2 fully saturated rings. The third-order valence-electron chi connectivity index (χ3n) is 4.79. The third-order valence-corrected chi connectivity index (χ3v) is 4.79. The molecule has 0 saturated carbocycles. The summed E-state index contributed by atoms with van der Waals surface area (Å²) >= 11 is 0. The summed E-state index contributed by atoms with van der Waals surface area (Å²) in [5, 5.41) is 1.16. The molecule has 1 atom stereocenters. The van der Waals surface area contributed by atoms with Crippen LogP contribution in [-0.2, 0) is 4.79 Å². The molecule has 2 aromatic rings. The fraction of sp³-hybridized carbons (Fsp3) is 0.500. The highest BCUT2D eigenvalue weighted by Gasteiger charge is 2.30. The molecule has 1 unspecified atom stereocenters. The van der Waals surface area contributed by atoms with E-state index in [-0.39, 0.29) is 11.9 Å². The largest absolute Gasteiger partial charge is 0.343 e. The second kappa shape index (κ2) is 5.70. The van der Waals surface area contributed by atoms with Crippen molar-refractivity contribution in [1.29, 1.82) is 0 Å². The standard InChI is InChI=1S/C16H21N5O/c22-16(13-3-7-18-20-13)21-8-4-11(5-9-21)14-10-12-2-1-6-17-15(12)19-14/h1-2,6,10-11,13,18,20H,3-5,7-9H2,(H,17,19). The van der Waals surface area contributed by atoms with Crippen LogP contribution < -0.4 is 10.9 Å². The van der Waals surface area contributed by atoms with E-state index in [2.05, 4.69) is 33.0 Å². The summed E-state index contributed by atoms with van der Waals surface area (Å²) in [4.78, 5) is 22.2. The Morgan fingerprint density at radius 2 is 2.14 bits per heavy atom. The monoisotopic (exact) mass is 299 g/mol. The molecule has 0 radical (unpaired) electrons. The lowest BCUT2D eigenvalue weighted by atomic mass is 9.93. The maximum atomic E-state index is 12.4. The molecule has 2 saturated heterocycles. The highest BCUT2D eigenvalue weighted by molar-refractivity contribution is 5.82. The molecule has 3 N–H and O–H groups in total. The number of pyridine rings is 1. The highest BCUT2D eigenvalue weighted by Crippen LogP contribution is 2.29. The number of likely N-dealkylation sites (tertiary alicyclic amines) is 1. The molecule has 6 heteroatoms. The van der Waals surface area contributed by atoms with Crippen LogP contribution in [-0.4, -0.2) is 46.5 Å². The number of aromatic amines is 1. The second-order valence-electron chi connectivity index (χ2n) is 6.18. The molecule has 0 aliphatic carbocycles. The van der Waals surface area contributed by atoms with Crippen LogP contribution in [0.4, 0.5) is 0 Å². The van der Waals surface area contributed by atoms with E-state index >= 15 is 0 Å². The Labute approximate surface area is 129 Å². The SMILES string of the molecule is O=C(C1CCNN1)N1CCC(c2cc3cccnc3[nH]2)CC1. The van der Waals surface area contributed by atoms with Crippen LogP contribution in [0.1, 0.15) is 30.9 Å². The van der Waals surface area contributed by atoms with Gasteiger partial charge in [0.1, 0.15) is 11.7 Å². The zero-order valence-corrected chi connectivity index (χ0v) is 12.5. The van der Waals surface area contributed by atoms with Gasteiger partial charge in [0.25, 0.3) is 0 Å². The van der Waals surface area contributed by atoms with Gasteiger partial charge in [0, 0.05) is 42.8 Å². The van der Waals surface area contributed by atoms with Gasteiger partial charge in [-0.3, -0.25) is 10.2 Å². The maximum Gasteiger partial charge on any atom is 0.241 e. The fourth-order valence-corrected chi connectivity index (χ4v) is 3.50. The van der Waals surface area contributed by atoms with Gasteiger partial charge in [0.2, 0.25) is 5.91 Å². The summed E-state index contributed by atoms with van der Waals surface area (Å²) < 4.78 is 0. The van der Waals surface area contributed by atoms with Crippen molar-refractivity contribution in [2.75, 3.05) is 19.6 Å². The number of carbonyl (C=O) groups excluding carboxylic acids is 1. The van der Waals surface area contributed by atoms with Crippen molar-refractivity contribution in [1.82, 2.24) is 25.7 Å². The van der Waals surface area contributed by atoms with E-state index in [1.807, 2.05) is 17.2 Å². The Bertz CT molecular complexity index is 635. The predicted molar refractivity (Wildman–Crippen MR) is 84.2 cm³/mol. The van der Waals surface area contributed by atoms with Crippen LogP contribution in [0.15, 0.2) is 24.4 Å². The van der Waals surface area contributed by atoms with E-state index in [1.165, 1.54) is 5.69 Å². The van der Waals surface area contributed by atoms with Gasteiger partial charge in [-0.2, -0.15) is 0 Å². The Kier molecular flexibility index (Phi) is 3.56. The van der Waals surface area contributed by atoms with Crippen LogP contribution >= 0.6 is 0 Å². The molecule has 2 aliphatic rings. The van der Waals surface area contributed by atoms with Gasteiger partial charge in [-0.25, -0.2) is 10.4 Å². The van der Waals surface area contributed by atoms with E-state index in [9.17, 15) is 4.79 Å². The molecule has 0 spiro atoms. The first-order chi connectivity index (χ1) is 10.8. The quantitative estimate of drug-likeness (QED) is 0.777. The number of hydrogen-bond donors (Lipinski definition) is 3. The third kappa shape index (κ3) is 2.48. The minimum Gasteiger partial charge on any atom is -0.343 e. The lowest BCUT2D eigenvalue weighted by Crippen LogP contribution is -2.48. The van der Waals surface area contributed by atoms with Crippen molar-refractivity contribution >= 4 is 16.9 Å². The molecule has 6 nitrogen and oxygen atoms in total. The van der Waals surface area contributed by atoms with E-state index < -0.39 is 0 Å². The number of hydrogen-bond acceptors (Lipinski definition) is 4. The summed E-state index contributed by atoms with van der Waals surface area (Å²) in [6.45, 7) is 2.55. The molecule has 0 bridgehead atoms. The molecule has 1 amide bonds. The summed E-state index contributed by atoms with van der Waals surface area (Å²) in [7, 11) is 0. The van der Waals surface area contributed by atoms with Gasteiger partial charge >= 0.3 is 0 Å². The number of rotatable bonds is 2. The van der Waals surface area contributed by atoms with E-state index in [4.69, 9.17) is 0 Å². The number of fused-ring (bicyclic) bond motifs is 1. The number of carbonyl (C=O) groups is 1. The summed E-state index contributed by atoms with van der Waals surface area (Å²) in [5.41, 5.74) is 8.30. The minimum absolute atomic E-state index is 0.0474. The van der Waals surface area contributed by atoms with Crippen molar-refractivity contribution < 1.29 is 4.79 Å². The Morgan fingerprint density at radius 1 is 1.27 bits per heavy atom. The number of piperidine rings is 1. The average Bonchev–Trinajstić information content (AvgIpc) is 3.23. The van der Waals surface area contributed by atoms with Crippen LogP contribution in [0.2, 0.25) is 0 Å². The van der Waals surface area contributed by atoms with Crippen molar-refractivity contribution in [3.8, 4) is 0 Å². The van der Waals surface area contributed by atoms with Gasteiger partial charge in [-0.1, -0.05) is 0 Å². The van der Waals surface area contributed by atoms with Crippen LogP contribution in [0.5, 0.6) is 0 Å². The topological polar surface area (TPSA) is 73.1 Å². The second-order valence-corrected chi connectivity index (χ2v) is 6.18. The van der Waals surface area contributed by atoms with Crippen molar-refractivity contribution in [3.63, 3.8) is 0 Å². The number of nitrogens with one attached hydrogen (secondary N) is 3. The first-order valence-corrected chi connectivity index (χ1v) is 8.02. The molecule has 22 heavy (non-hydrogen) atoms. The summed E-state index contributed by atoms with van der Waals surface area (Å²) in [6.07, 6.45) is 4.72. The molecule has 4 rings (SSSR count). The van der Waals surface area contributed by atoms with Gasteiger partial charge in [-0.05, 0) is 37.5 Å². The average molecular weight is 299 g/mol. The Hall–Kier alpha value is -1.92. The molecule has 0 aromatic carbocycles. The zero-order valence-electron chi connectivity index (χ0n) is 12.5. The van der Waals surface area contributed by atoms with E-state index in [0.29, 0.717) is 5.92 Å². The van der Waals surface area contributed by atoms with Gasteiger partial charge < -0.3 is 9.88 Å². The molecule has 4 heterocycles. The van der Waals surface area contributed by atoms with E-state index in [0.717, 1.165) is 49.9 Å². The number of amides is 1. The first kappa shape index (κ1) is 13.7. The predicted octanol–water partition coefficient (Wildman–Crippen LogP) is 1.14. The number of nitrogens with zero attached hydrogens (tertiary/aromatic N) is 2. The summed E-state index contributed by atoms with van der Waals surface area (Å²) in [5.74, 6) is 0.731. The molecule has 2 aromatic heterocycles. The Morgan fingerprint density at radius 3 is 2.86 bits per heavy atom. The van der Waals surface area contributed by atoms with Crippen molar-refractivity contribution in [2.24, 2.45) is 0 Å². The van der Waals surface area contributed by atoms with Gasteiger partial charge in [0.05, 0.1) is 0 Å². The zero-order chi connectivity index (χ0) is 14.9. The molecular weight excluding hydrogens is 278 g/mol. The summed E-state index contributed by atoms with van der Waals surface area (Å²) in [6, 6.07) is 6.20. The molecule has 116 valence electrons. The van der Waals surface area contributed by atoms with Crippen molar-refractivity contribution in [2.45, 2.75) is 31.2 Å². The van der Waals surface area contributed by atoms with Gasteiger partial charge in [0.15, 0.2) is 0 Å². The fourth-order valence-electron chi connectivity index (χ4n) is 3.50. The highest BCUT2D eigenvalue weighted by atomic mass is 16.2. The first-order valence-electron chi connectivity index (χ1n) is 8.02. The van der Waals surface area contributed by atoms with Crippen molar-refractivity contribution in [3.05, 3.63) is 30.1 Å².